The van der Waals surface area contributed by atoms with Gasteiger partial charge < -0.3 is 24.8 Å². The van der Waals surface area contributed by atoms with E-state index in [1.165, 1.54) is 5.56 Å². The molecule has 2 aliphatic heterocycles. The molecule has 0 aliphatic carbocycles. The van der Waals surface area contributed by atoms with E-state index in [2.05, 4.69) is 22.2 Å². The van der Waals surface area contributed by atoms with Crippen LogP contribution in [0.3, 0.4) is 0 Å². The Bertz CT molecular complexity index is 948. The molecule has 1 fully saturated rings. The topological polar surface area (TPSA) is 73.8 Å². The van der Waals surface area contributed by atoms with E-state index >= 15 is 0 Å². The van der Waals surface area contributed by atoms with Gasteiger partial charge in [-0.25, -0.2) is 9.97 Å². The van der Waals surface area contributed by atoms with Crippen molar-refractivity contribution in [2.75, 3.05) is 58.1 Å². The van der Waals surface area contributed by atoms with Crippen molar-refractivity contribution in [3.05, 3.63) is 41.3 Å². The summed E-state index contributed by atoms with van der Waals surface area (Å²) < 4.78 is 5.23. The maximum atomic E-state index is 13.2. The van der Waals surface area contributed by atoms with Crippen LogP contribution >= 0.6 is 0 Å². The zero-order chi connectivity index (χ0) is 22.7. The zero-order valence-corrected chi connectivity index (χ0v) is 19.6. The number of benzene rings is 1. The molecular formula is C24H34N6O2. The third kappa shape index (κ3) is 4.65. The molecule has 32 heavy (non-hydrogen) atoms. The number of fused-ring (bicyclic) bond motifs is 1. The van der Waals surface area contributed by atoms with Crippen molar-refractivity contribution in [1.82, 2.24) is 19.8 Å². The normalized spacial score (nSPS) is 18.4. The molecule has 1 N–H and O–H groups in total. The first-order valence-electron chi connectivity index (χ1n) is 11.4. The van der Waals surface area contributed by atoms with Crippen LogP contribution < -0.4 is 15.0 Å². The molecule has 0 spiro atoms. The summed E-state index contributed by atoms with van der Waals surface area (Å²) in [4.78, 5) is 29.3. The van der Waals surface area contributed by atoms with Gasteiger partial charge >= 0.3 is 0 Å². The molecule has 0 bridgehead atoms. The monoisotopic (exact) mass is 438 g/mol. The lowest BCUT2D eigenvalue weighted by Gasteiger charge is -2.29. The molecule has 8 heteroatoms. The fourth-order valence-electron chi connectivity index (χ4n) is 4.64. The zero-order valence-electron chi connectivity index (χ0n) is 19.6. The lowest BCUT2D eigenvalue weighted by Crippen LogP contribution is -2.35. The SMILES string of the molecule is CNc1nc(C2CCCN2C(=O)CCN(C)c2ccc(OC)cc2)nc2c1CCN(C)C2. The molecule has 0 saturated carbocycles. The number of aromatic nitrogens is 2. The lowest BCUT2D eigenvalue weighted by molar-refractivity contribution is -0.132. The van der Waals surface area contributed by atoms with E-state index in [4.69, 9.17) is 14.7 Å². The van der Waals surface area contributed by atoms with Gasteiger partial charge in [-0.3, -0.25) is 4.79 Å². The molecule has 1 amide bonds. The highest BCUT2D eigenvalue weighted by Crippen LogP contribution is 2.33. The highest BCUT2D eigenvalue weighted by molar-refractivity contribution is 5.77. The summed E-state index contributed by atoms with van der Waals surface area (Å²) in [5.74, 6) is 2.68. The molecular weight excluding hydrogens is 404 g/mol. The first-order chi connectivity index (χ1) is 15.5. The third-order valence-corrected chi connectivity index (χ3v) is 6.56. The van der Waals surface area contributed by atoms with E-state index in [1.54, 1.807) is 7.11 Å². The van der Waals surface area contributed by atoms with Gasteiger partial charge in [0.15, 0.2) is 5.82 Å². The van der Waals surface area contributed by atoms with Crippen LogP contribution in [0.25, 0.3) is 0 Å². The molecule has 172 valence electrons. The number of likely N-dealkylation sites (N-methyl/N-ethyl adjacent to an activating group) is 1. The minimum atomic E-state index is -0.0431. The summed E-state index contributed by atoms with van der Waals surface area (Å²) in [6.45, 7) is 3.27. The summed E-state index contributed by atoms with van der Waals surface area (Å²) >= 11 is 0. The lowest BCUT2D eigenvalue weighted by atomic mass is 10.0. The Hall–Kier alpha value is -2.87. The van der Waals surface area contributed by atoms with Gasteiger partial charge in [-0.2, -0.15) is 0 Å². The number of likely N-dealkylation sites (tertiary alicyclic amines) is 1. The molecule has 0 radical (unpaired) electrons. The van der Waals surface area contributed by atoms with Crippen molar-refractivity contribution in [2.24, 2.45) is 0 Å². The molecule has 8 nitrogen and oxygen atoms in total. The van der Waals surface area contributed by atoms with Gasteiger partial charge in [-0.15, -0.1) is 0 Å². The van der Waals surface area contributed by atoms with Crippen molar-refractivity contribution >= 4 is 17.4 Å². The van der Waals surface area contributed by atoms with Crippen molar-refractivity contribution < 1.29 is 9.53 Å². The number of nitrogens with one attached hydrogen (secondary N) is 1. The fraction of sp³-hybridized carbons (Fsp3) is 0.542. The smallest absolute Gasteiger partial charge is 0.224 e. The third-order valence-electron chi connectivity index (χ3n) is 6.56. The second-order valence-corrected chi connectivity index (χ2v) is 8.71. The van der Waals surface area contributed by atoms with Gasteiger partial charge in [-0.05, 0) is 50.6 Å². The average Bonchev–Trinajstić information content (AvgIpc) is 3.31. The summed E-state index contributed by atoms with van der Waals surface area (Å²) in [5, 5.41) is 3.26. The van der Waals surface area contributed by atoms with Gasteiger partial charge in [0.2, 0.25) is 5.91 Å². The molecule has 2 aromatic rings. The van der Waals surface area contributed by atoms with Gasteiger partial charge in [0, 0.05) is 57.9 Å². The second kappa shape index (κ2) is 9.73. The number of carbonyl (C=O) groups excluding carboxylic acids is 1. The molecule has 1 aromatic heterocycles. The Morgan fingerprint density at radius 1 is 1.25 bits per heavy atom. The van der Waals surface area contributed by atoms with Crippen LogP contribution in [0.5, 0.6) is 5.75 Å². The van der Waals surface area contributed by atoms with Crippen molar-refractivity contribution in [2.45, 2.75) is 38.3 Å². The summed E-state index contributed by atoms with van der Waals surface area (Å²) in [6.07, 6.45) is 3.32. The molecule has 1 saturated heterocycles. The second-order valence-electron chi connectivity index (χ2n) is 8.71. The molecule has 1 unspecified atom stereocenters. The van der Waals surface area contributed by atoms with Gasteiger partial charge in [0.25, 0.3) is 0 Å². The molecule has 1 atom stereocenters. The molecule has 1 aromatic carbocycles. The summed E-state index contributed by atoms with van der Waals surface area (Å²) in [7, 11) is 7.71. The Morgan fingerprint density at radius 3 is 2.75 bits per heavy atom. The average molecular weight is 439 g/mol. The fourth-order valence-corrected chi connectivity index (χ4v) is 4.64. The van der Waals surface area contributed by atoms with E-state index in [9.17, 15) is 4.79 Å². The van der Waals surface area contributed by atoms with Gasteiger partial charge in [0.05, 0.1) is 18.8 Å². The van der Waals surface area contributed by atoms with Crippen LogP contribution in [0, 0.1) is 0 Å². The van der Waals surface area contributed by atoms with Crippen molar-refractivity contribution in [3.8, 4) is 5.75 Å². The number of methoxy groups -OCH3 is 1. The van der Waals surface area contributed by atoms with Crippen LogP contribution in [0.15, 0.2) is 24.3 Å². The van der Waals surface area contributed by atoms with Crippen LogP contribution in [0.4, 0.5) is 11.5 Å². The predicted molar refractivity (Wildman–Crippen MR) is 126 cm³/mol. The van der Waals surface area contributed by atoms with Crippen LogP contribution in [-0.2, 0) is 17.8 Å². The summed E-state index contributed by atoms with van der Waals surface area (Å²) in [5.41, 5.74) is 3.37. The van der Waals surface area contributed by atoms with E-state index in [0.29, 0.717) is 13.0 Å². The van der Waals surface area contributed by atoms with Crippen molar-refractivity contribution in [3.63, 3.8) is 0 Å². The van der Waals surface area contributed by atoms with Gasteiger partial charge in [-0.1, -0.05) is 0 Å². The minimum Gasteiger partial charge on any atom is -0.497 e. The quantitative estimate of drug-likeness (QED) is 0.712. The first-order valence-corrected chi connectivity index (χ1v) is 11.4. The highest BCUT2D eigenvalue weighted by atomic mass is 16.5. The number of carbonyl (C=O) groups is 1. The van der Waals surface area contributed by atoms with E-state index in [1.807, 2.05) is 43.3 Å². The minimum absolute atomic E-state index is 0.0431. The number of amides is 1. The van der Waals surface area contributed by atoms with E-state index < -0.39 is 0 Å². The maximum absolute atomic E-state index is 13.2. The van der Waals surface area contributed by atoms with E-state index in [0.717, 1.165) is 67.7 Å². The number of nitrogens with zero attached hydrogens (tertiary/aromatic N) is 5. The molecule has 3 heterocycles. The highest BCUT2D eigenvalue weighted by Gasteiger charge is 2.33. The largest absolute Gasteiger partial charge is 0.497 e. The Kier molecular flexibility index (Phi) is 6.79. The van der Waals surface area contributed by atoms with E-state index in [-0.39, 0.29) is 11.9 Å². The van der Waals surface area contributed by atoms with Crippen LogP contribution in [0.2, 0.25) is 0 Å². The van der Waals surface area contributed by atoms with Gasteiger partial charge in [0.1, 0.15) is 11.6 Å². The summed E-state index contributed by atoms with van der Waals surface area (Å²) in [6, 6.07) is 7.86. The number of rotatable bonds is 7. The Labute approximate surface area is 190 Å². The van der Waals surface area contributed by atoms with Crippen LogP contribution in [-0.4, -0.2) is 73.6 Å². The number of hydrogen-bond acceptors (Lipinski definition) is 7. The number of hydrogen-bond donors (Lipinski definition) is 1. The maximum Gasteiger partial charge on any atom is 0.224 e. The Balaban J connectivity index is 1.45. The Morgan fingerprint density at radius 2 is 2.03 bits per heavy atom. The first kappa shape index (κ1) is 22.3. The standard InChI is InChI=1S/C24H34N6O2/c1-25-23-19-11-14-28(2)16-20(19)26-24(27-23)21-6-5-13-30(21)22(31)12-15-29(3)17-7-9-18(32-4)10-8-17/h7-10,21H,5-6,11-16H2,1-4H3,(H,25,26,27). The number of anilines is 2. The predicted octanol–water partition coefficient (Wildman–Crippen LogP) is 2.70. The molecule has 2 aliphatic rings. The van der Waals surface area contributed by atoms with Crippen molar-refractivity contribution in [1.29, 1.82) is 0 Å². The number of ether oxygens (including phenoxy) is 1. The molecule has 4 rings (SSSR count). The van der Waals surface area contributed by atoms with Crippen LogP contribution in [0.1, 0.15) is 42.4 Å².